The van der Waals surface area contributed by atoms with E-state index in [2.05, 4.69) is 12.1 Å². The molecule has 6 heteroatoms. The molecule has 2 aromatic carbocycles. The lowest BCUT2D eigenvalue weighted by Gasteiger charge is -2.18. The highest BCUT2D eigenvalue weighted by atomic mass is 33.1. The molecule has 0 spiro atoms. The smallest absolute Gasteiger partial charge is 0.208 e. The lowest BCUT2D eigenvalue weighted by molar-refractivity contribution is 0.301. The second-order valence-electron chi connectivity index (χ2n) is 4.16. The zero-order valence-corrected chi connectivity index (χ0v) is 14.5. The summed E-state index contributed by atoms with van der Waals surface area (Å²) >= 11 is 0. The first-order valence-corrected chi connectivity index (χ1v) is 8.66. The van der Waals surface area contributed by atoms with Gasteiger partial charge in [-0.15, -0.1) is 0 Å². The fourth-order valence-electron chi connectivity index (χ4n) is 1.93. The van der Waals surface area contributed by atoms with Crippen LogP contribution < -0.4 is 18.9 Å². The highest BCUT2D eigenvalue weighted by Gasteiger charge is 2.22. The summed E-state index contributed by atoms with van der Waals surface area (Å²) in [5.41, 5.74) is 0. The third-order valence-corrected chi connectivity index (χ3v) is 5.32. The second-order valence-corrected chi connectivity index (χ2v) is 6.40. The highest BCUT2D eigenvalue weighted by molar-refractivity contribution is 8.76. The quantitative estimate of drug-likeness (QED) is 0.691. The van der Waals surface area contributed by atoms with Crippen molar-refractivity contribution in [3.05, 3.63) is 36.4 Å². The van der Waals surface area contributed by atoms with Gasteiger partial charge in [0.05, 0.1) is 33.3 Å². The lowest BCUT2D eigenvalue weighted by Crippen LogP contribution is -1.99. The number of hydrogen-bond acceptors (Lipinski definition) is 6. The number of ether oxygens (including phenoxy) is 4. The first-order chi connectivity index (χ1) is 10.7. The predicted molar refractivity (Wildman–Crippen MR) is 90.8 cm³/mol. The largest absolute Gasteiger partial charge is 0.493 e. The Hall–Kier alpha value is -1.66. The Bertz CT molecular complexity index is 617. The van der Waals surface area contributed by atoms with Crippen LogP contribution in [0.15, 0.2) is 46.2 Å². The molecule has 2 aromatic rings. The van der Waals surface area contributed by atoms with E-state index in [9.17, 15) is 0 Å². The topological polar surface area (TPSA) is 36.9 Å². The minimum atomic E-state index is 0.524. The standard InChI is InChI=1S/C16H18O4S2/c1-17-12-10-13(22-21-11-8-6-5-7-9-11)15(19-3)16(20-4)14(12)18-2/h5-10H,1-4H3. The zero-order chi connectivity index (χ0) is 15.9. The van der Waals surface area contributed by atoms with Crippen LogP contribution in [-0.2, 0) is 0 Å². The van der Waals surface area contributed by atoms with Crippen molar-refractivity contribution < 1.29 is 18.9 Å². The summed E-state index contributed by atoms with van der Waals surface area (Å²) in [6.07, 6.45) is 0. The summed E-state index contributed by atoms with van der Waals surface area (Å²) in [7, 11) is 9.59. The molecule has 4 nitrogen and oxygen atoms in total. The molecule has 0 atom stereocenters. The maximum absolute atomic E-state index is 5.50. The van der Waals surface area contributed by atoms with Crippen molar-refractivity contribution in [3.63, 3.8) is 0 Å². The Kier molecular flexibility index (Phi) is 6.15. The van der Waals surface area contributed by atoms with Crippen LogP contribution in [0.25, 0.3) is 0 Å². The Labute approximate surface area is 138 Å². The fraction of sp³-hybridized carbons (Fsp3) is 0.250. The molecule has 0 amide bonds. The summed E-state index contributed by atoms with van der Waals surface area (Å²) in [6, 6.07) is 12.0. The van der Waals surface area contributed by atoms with E-state index in [-0.39, 0.29) is 0 Å². The van der Waals surface area contributed by atoms with Crippen LogP contribution in [0.2, 0.25) is 0 Å². The highest BCUT2D eigenvalue weighted by Crippen LogP contribution is 2.52. The monoisotopic (exact) mass is 338 g/mol. The van der Waals surface area contributed by atoms with Crippen LogP contribution in [0, 0.1) is 0 Å². The van der Waals surface area contributed by atoms with Gasteiger partial charge in [0, 0.05) is 11.0 Å². The molecule has 22 heavy (non-hydrogen) atoms. The van der Waals surface area contributed by atoms with Crippen molar-refractivity contribution in [2.24, 2.45) is 0 Å². The second kappa shape index (κ2) is 8.10. The normalized spacial score (nSPS) is 10.2. The molecular formula is C16H18O4S2. The van der Waals surface area contributed by atoms with Crippen LogP contribution in [0.1, 0.15) is 0 Å². The van der Waals surface area contributed by atoms with E-state index in [0.29, 0.717) is 23.0 Å². The Balaban J connectivity index is 2.37. The van der Waals surface area contributed by atoms with Gasteiger partial charge in [-0.3, -0.25) is 0 Å². The minimum Gasteiger partial charge on any atom is -0.493 e. The average Bonchev–Trinajstić information content (AvgIpc) is 2.58. The van der Waals surface area contributed by atoms with Crippen molar-refractivity contribution in [1.29, 1.82) is 0 Å². The maximum atomic E-state index is 5.50. The first-order valence-electron chi connectivity index (χ1n) is 6.51. The Morgan fingerprint density at radius 1 is 0.682 bits per heavy atom. The number of rotatable bonds is 7. The van der Waals surface area contributed by atoms with Crippen LogP contribution >= 0.6 is 21.6 Å². The maximum Gasteiger partial charge on any atom is 0.208 e. The lowest BCUT2D eigenvalue weighted by atomic mass is 10.2. The van der Waals surface area contributed by atoms with Gasteiger partial charge < -0.3 is 18.9 Å². The third-order valence-electron chi connectivity index (χ3n) is 2.93. The summed E-state index contributed by atoms with van der Waals surface area (Å²) in [5, 5.41) is 0. The molecule has 0 unspecified atom stereocenters. The van der Waals surface area contributed by atoms with Crippen molar-refractivity contribution in [2.45, 2.75) is 9.79 Å². The van der Waals surface area contributed by atoms with Crippen LogP contribution in [0.5, 0.6) is 23.0 Å². The van der Waals surface area contributed by atoms with Gasteiger partial charge in [-0.05, 0) is 22.9 Å². The molecule has 0 fully saturated rings. The number of hydrogen-bond donors (Lipinski definition) is 0. The van der Waals surface area contributed by atoms with Crippen molar-refractivity contribution in [1.82, 2.24) is 0 Å². The van der Waals surface area contributed by atoms with Gasteiger partial charge in [0.25, 0.3) is 0 Å². The van der Waals surface area contributed by atoms with Crippen molar-refractivity contribution >= 4 is 21.6 Å². The molecular weight excluding hydrogens is 320 g/mol. The molecule has 118 valence electrons. The predicted octanol–water partition coefficient (Wildman–Crippen LogP) is 4.52. The average molecular weight is 338 g/mol. The molecule has 0 N–H and O–H groups in total. The Morgan fingerprint density at radius 3 is 1.86 bits per heavy atom. The van der Waals surface area contributed by atoms with Gasteiger partial charge in [-0.2, -0.15) is 0 Å². The molecule has 0 aliphatic heterocycles. The third kappa shape index (κ3) is 3.56. The molecule has 0 saturated carbocycles. The molecule has 0 radical (unpaired) electrons. The van der Waals surface area contributed by atoms with Gasteiger partial charge in [0.2, 0.25) is 11.5 Å². The Morgan fingerprint density at radius 2 is 1.32 bits per heavy atom. The van der Waals surface area contributed by atoms with Crippen LogP contribution in [0.3, 0.4) is 0 Å². The summed E-state index contributed by atoms with van der Waals surface area (Å²) in [4.78, 5) is 2.06. The van der Waals surface area contributed by atoms with E-state index < -0.39 is 0 Å². The minimum absolute atomic E-state index is 0.524. The summed E-state index contributed by atoms with van der Waals surface area (Å²) < 4.78 is 21.7. The number of benzene rings is 2. The molecule has 0 bridgehead atoms. The van der Waals surface area contributed by atoms with E-state index in [1.807, 2.05) is 24.3 Å². The fourth-order valence-corrected chi connectivity index (χ4v) is 4.06. The van der Waals surface area contributed by atoms with Crippen molar-refractivity contribution in [2.75, 3.05) is 28.4 Å². The van der Waals surface area contributed by atoms with Gasteiger partial charge in [0.1, 0.15) is 0 Å². The van der Waals surface area contributed by atoms with Gasteiger partial charge in [0.15, 0.2) is 11.5 Å². The van der Waals surface area contributed by atoms with E-state index in [0.717, 1.165) is 9.79 Å². The summed E-state index contributed by atoms with van der Waals surface area (Å²) in [6.45, 7) is 0. The van der Waals surface area contributed by atoms with E-state index >= 15 is 0 Å². The van der Waals surface area contributed by atoms with E-state index in [4.69, 9.17) is 18.9 Å². The molecule has 2 rings (SSSR count). The van der Waals surface area contributed by atoms with E-state index in [1.54, 1.807) is 50.0 Å². The molecule has 0 saturated heterocycles. The molecule has 0 heterocycles. The van der Waals surface area contributed by atoms with Gasteiger partial charge in [-0.1, -0.05) is 29.0 Å². The van der Waals surface area contributed by atoms with Crippen LogP contribution in [-0.4, -0.2) is 28.4 Å². The van der Waals surface area contributed by atoms with Gasteiger partial charge in [-0.25, -0.2) is 0 Å². The summed E-state index contributed by atoms with van der Waals surface area (Å²) in [5.74, 6) is 2.29. The first kappa shape index (κ1) is 16.7. The van der Waals surface area contributed by atoms with E-state index in [1.165, 1.54) is 0 Å². The molecule has 0 aliphatic carbocycles. The zero-order valence-electron chi connectivity index (χ0n) is 12.9. The van der Waals surface area contributed by atoms with Crippen LogP contribution in [0.4, 0.5) is 0 Å². The van der Waals surface area contributed by atoms with Gasteiger partial charge >= 0.3 is 0 Å². The molecule has 0 aliphatic rings. The SMILES string of the molecule is COc1cc(SSc2ccccc2)c(OC)c(OC)c1OC. The van der Waals surface area contributed by atoms with Crippen molar-refractivity contribution in [3.8, 4) is 23.0 Å². The molecule has 0 aromatic heterocycles. The number of methoxy groups -OCH3 is 4.